The molecule has 0 N–H and O–H groups in total. The van der Waals surface area contributed by atoms with Crippen LogP contribution in [0.1, 0.15) is 61.8 Å². The lowest BCUT2D eigenvalue weighted by Crippen LogP contribution is -2.47. The molecule has 164 valence electrons. The predicted octanol–water partition coefficient (Wildman–Crippen LogP) is 5.47. The average molecular weight is 497 g/mol. The Balaban J connectivity index is 2.43. The summed E-state index contributed by atoms with van der Waals surface area (Å²) < 4.78 is 5.16. The van der Waals surface area contributed by atoms with Gasteiger partial charge in [0.15, 0.2) is 12.4 Å². The van der Waals surface area contributed by atoms with Gasteiger partial charge in [-0.3, -0.25) is 19.3 Å². The van der Waals surface area contributed by atoms with E-state index in [-0.39, 0.29) is 49.3 Å². The van der Waals surface area contributed by atoms with Gasteiger partial charge in [0.05, 0.1) is 31.2 Å². The Morgan fingerprint density at radius 1 is 0.900 bits per heavy atom. The second-order valence-electron chi connectivity index (χ2n) is 8.41. The second-order valence-corrected chi connectivity index (χ2v) is 9.92. The van der Waals surface area contributed by atoms with Crippen molar-refractivity contribution < 1.29 is 23.9 Å². The molecular formula is C20H21Cl4NO5. The molecule has 1 aliphatic rings. The zero-order valence-corrected chi connectivity index (χ0v) is 20.1. The normalized spacial score (nSPS) is 14.9. The number of hydrogen-bond donors (Lipinski definition) is 0. The summed E-state index contributed by atoms with van der Waals surface area (Å²) in [7, 11) is 0. The Bertz CT molecular complexity index is 889. The van der Waals surface area contributed by atoms with Crippen molar-refractivity contribution in [3.63, 3.8) is 0 Å². The molecule has 30 heavy (non-hydrogen) atoms. The number of amides is 2. The van der Waals surface area contributed by atoms with E-state index in [1.54, 1.807) is 20.8 Å². The number of ketones is 1. The van der Waals surface area contributed by atoms with Gasteiger partial charge in [0, 0.05) is 5.41 Å². The predicted molar refractivity (Wildman–Crippen MR) is 116 cm³/mol. The van der Waals surface area contributed by atoms with Crippen molar-refractivity contribution in [1.82, 2.24) is 4.90 Å². The minimum absolute atomic E-state index is 0.0803. The van der Waals surface area contributed by atoms with Gasteiger partial charge in [0.1, 0.15) is 6.04 Å². The lowest BCUT2D eigenvalue weighted by atomic mass is 9.91. The van der Waals surface area contributed by atoms with E-state index >= 15 is 0 Å². The van der Waals surface area contributed by atoms with Crippen LogP contribution in [-0.2, 0) is 14.3 Å². The van der Waals surface area contributed by atoms with Gasteiger partial charge in [-0.2, -0.15) is 0 Å². The van der Waals surface area contributed by atoms with Crippen LogP contribution in [0.5, 0.6) is 0 Å². The first-order valence-electron chi connectivity index (χ1n) is 9.13. The number of esters is 1. The zero-order chi connectivity index (χ0) is 23.1. The number of ether oxygens (including phenoxy) is 1. The lowest BCUT2D eigenvalue weighted by Gasteiger charge is -2.26. The maximum absolute atomic E-state index is 13.1. The van der Waals surface area contributed by atoms with Crippen LogP contribution in [0.4, 0.5) is 0 Å². The summed E-state index contributed by atoms with van der Waals surface area (Å²) in [5.41, 5.74) is -1.14. The van der Waals surface area contributed by atoms with Crippen molar-refractivity contribution in [2.45, 2.75) is 47.1 Å². The van der Waals surface area contributed by atoms with Crippen LogP contribution in [0.25, 0.3) is 0 Å². The molecular weight excluding hydrogens is 476 g/mol. The van der Waals surface area contributed by atoms with E-state index in [1.165, 1.54) is 0 Å². The molecule has 0 aromatic heterocycles. The van der Waals surface area contributed by atoms with Crippen molar-refractivity contribution in [2.24, 2.45) is 11.3 Å². The first-order valence-corrected chi connectivity index (χ1v) is 10.6. The number of hydrogen-bond acceptors (Lipinski definition) is 5. The van der Waals surface area contributed by atoms with Gasteiger partial charge in [0.2, 0.25) is 0 Å². The molecule has 0 spiro atoms. The van der Waals surface area contributed by atoms with E-state index < -0.39 is 35.8 Å². The number of halogens is 4. The molecule has 0 aliphatic carbocycles. The molecule has 0 unspecified atom stereocenters. The summed E-state index contributed by atoms with van der Waals surface area (Å²) in [4.78, 5) is 51.8. The number of carbonyl (C=O) groups excluding carboxylic acids is 4. The van der Waals surface area contributed by atoms with Crippen molar-refractivity contribution in [3.05, 3.63) is 31.2 Å². The Labute approximate surface area is 194 Å². The highest BCUT2D eigenvalue weighted by molar-refractivity contribution is 6.55. The molecule has 1 aromatic rings. The van der Waals surface area contributed by atoms with E-state index in [4.69, 9.17) is 51.1 Å². The zero-order valence-electron chi connectivity index (χ0n) is 17.1. The van der Waals surface area contributed by atoms with E-state index in [1.807, 2.05) is 13.8 Å². The second kappa shape index (κ2) is 9.03. The largest absolute Gasteiger partial charge is 0.456 e. The number of Topliss-reactive ketones (excluding diaryl/α,β-unsaturated/α-hetero) is 1. The van der Waals surface area contributed by atoms with Crippen molar-refractivity contribution in [2.75, 3.05) is 6.61 Å². The van der Waals surface area contributed by atoms with Gasteiger partial charge in [-0.05, 0) is 12.3 Å². The third-order valence-electron chi connectivity index (χ3n) is 4.59. The highest BCUT2D eigenvalue weighted by Crippen LogP contribution is 2.45. The monoisotopic (exact) mass is 495 g/mol. The smallest absolute Gasteiger partial charge is 0.329 e. The Hall–Kier alpha value is -1.34. The third kappa shape index (κ3) is 4.62. The molecule has 0 saturated heterocycles. The maximum atomic E-state index is 13.1. The summed E-state index contributed by atoms with van der Waals surface area (Å²) in [5.74, 6) is -2.91. The highest BCUT2D eigenvalue weighted by Gasteiger charge is 2.47. The number of fused-ring (bicyclic) bond motifs is 1. The van der Waals surface area contributed by atoms with E-state index in [0.717, 1.165) is 4.90 Å². The number of carbonyl (C=O) groups is 4. The van der Waals surface area contributed by atoms with Crippen molar-refractivity contribution >= 4 is 70.0 Å². The van der Waals surface area contributed by atoms with E-state index in [9.17, 15) is 19.2 Å². The first kappa shape index (κ1) is 24.9. The summed E-state index contributed by atoms with van der Waals surface area (Å²) in [6, 6.07) is -1.27. The van der Waals surface area contributed by atoms with Gasteiger partial charge in [-0.25, -0.2) is 4.79 Å². The molecule has 2 rings (SSSR count). The fraction of sp³-hybridized carbons (Fsp3) is 0.500. The quantitative estimate of drug-likeness (QED) is 0.226. The summed E-state index contributed by atoms with van der Waals surface area (Å²) in [5, 5.41) is -0.768. The van der Waals surface area contributed by atoms with Crippen molar-refractivity contribution in [1.29, 1.82) is 0 Å². The Morgan fingerprint density at radius 2 is 1.33 bits per heavy atom. The number of imide groups is 1. The molecule has 1 atom stereocenters. The van der Waals surface area contributed by atoms with E-state index in [0.29, 0.717) is 0 Å². The van der Waals surface area contributed by atoms with Crippen molar-refractivity contribution in [3.8, 4) is 0 Å². The van der Waals surface area contributed by atoms with Gasteiger partial charge < -0.3 is 4.74 Å². The minimum atomic E-state index is -1.27. The third-order valence-corrected chi connectivity index (χ3v) is 6.39. The topological polar surface area (TPSA) is 80.8 Å². The van der Waals surface area contributed by atoms with Crippen LogP contribution < -0.4 is 0 Å². The van der Waals surface area contributed by atoms with Gasteiger partial charge in [-0.1, -0.05) is 81.0 Å². The molecule has 1 aromatic carbocycles. The Morgan fingerprint density at radius 3 is 1.70 bits per heavy atom. The first-order chi connectivity index (χ1) is 13.7. The summed E-state index contributed by atoms with van der Waals surface area (Å²) in [6.45, 7) is 8.22. The molecule has 0 fully saturated rings. The van der Waals surface area contributed by atoms with Crippen LogP contribution in [0.2, 0.25) is 20.1 Å². The molecule has 6 nitrogen and oxygen atoms in total. The molecule has 2 amide bonds. The van der Waals surface area contributed by atoms with Gasteiger partial charge >= 0.3 is 5.97 Å². The number of benzene rings is 1. The maximum Gasteiger partial charge on any atom is 0.329 e. The van der Waals surface area contributed by atoms with Crippen LogP contribution in [0, 0.1) is 11.3 Å². The van der Waals surface area contributed by atoms with Crippen LogP contribution in [-0.4, -0.2) is 41.1 Å². The average Bonchev–Trinajstić information content (AvgIpc) is 2.90. The van der Waals surface area contributed by atoms with Gasteiger partial charge in [0.25, 0.3) is 11.8 Å². The van der Waals surface area contributed by atoms with Crippen LogP contribution in [0.15, 0.2) is 0 Å². The molecule has 0 saturated carbocycles. The minimum Gasteiger partial charge on any atom is -0.456 e. The summed E-state index contributed by atoms with van der Waals surface area (Å²) in [6.07, 6.45) is 0.116. The Kier molecular flexibility index (Phi) is 7.50. The van der Waals surface area contributed by atoms with Gasteiger partial charge in [-0.15, -0.1) is 0 Å². The molecule has 0 radical (unpaired) electrons. The number of nitrogens with zero attached hydrogens (tertiary/aromatic N) is 1. The highest BCUT2D eigenvalue weighted by atomic mass is 35.5. The fourth-order valence-electron chi connectivity index (χ4n) is 2.85. The molecule has 0 bridgehead atoms. The summed E-state index contributed by atoms with van der Waals surface area (Å²) >= 11 is 24.3. The molecule has 1 aliphatic heterocycles. The number of rotatable bonds is 6. The standard InChI is InChI=1S/C20H21Cl4NO5/c1-8(2)6-9(19(29)30-7-10(26)20(3,4)5)25-17(27)11-12(18(25)28)14(22)16(24)15(23)13(11)21/h8-9H,6-7H2,1-5H3/t9-/m1/s1. The van der Waals surface area contributed by atoms with Crippen LogP contribution >= 0.6 is 46.4 Å². The van der Waals surface area contributed by atoms with Crippen LogP contribution in [0.3, 0.4) is 0 Å². The van der Waals surface area contributed by atoms with E-state index in [2.05, 4.69) is 0 Å². The molecule has 10 heteroatoms. The molecule has 1 heterocycles. The SMILES string of the molecule is CC(C)C[C@H](C(=O)OCC(=O)C(C)(C)C)N1C(=O)c2c(Cl)c(Cl)c(Cl)c(Cl)c2C1=O. The fourth-order valence-corrected chi connectivity index (χ4v) is 3.87. The lowest BCUT2D eigenvalue weighted by molar-refractivity contribution is -0.154.